The molecule has 9 heteroatoms. The second-order valence-electron chi connectivity index (χ2n) is 6.27. The third-order valence-corrected chi connectivity index (χ3v) is 4.54. The summed E-state index contributed by atoms with van der Waals surface area (Å²) in [7, 11) is 0. The van der Waals surface area contributed by atoms with Crippen LogP contribution < -0.4 is 5.32 Å². The lowest BCUT2D eigenvalue weighted by Crippen LogP contribution is -2.44. The number of benzene rings is 2. The minimum Gasteiger partial charge on any atom is -0.379 e. The summed E-state index contributed by atoms with van der Waals surface area (Å²) in [5, 5.41) is 2.41. The largest absolute Gasteiger partial charge is 0.379 e. The van der Waals surface area contributed by atoms with E-state index in [9.17, 15) is 26.7 Å². The van der Waals surface area contributed by atoms with E-state index in [1.807, 2.05) is 4.90 Å². The van der Waals surface area contributed by atoms with Crippen LogP contribution in [-0.4, -0.2) is 43.7 Å². The van der Waals surface area contributed by atoms with Crippen LogP contribution in [0.25, 0.3) is 0 Å². The Morgan fingerprint density at radius 3 is 2.29 bits per heavy atom. The standard InChI is InChI=1S/C19H17F5N2O2/c20-12-3-1-11(2-4-12)15(26-5-7-28-8-6-26)10-25-19(27)13-9-14(21)17(23)18(24)16(13)22/h1-4,9,15H,5-8,10H2,(H,25,27)/t15-/m0/s1. The smallest absolute Gasteiger partial charge is 0.254 e. The highest BCUT2D eigenvalue weighted by molar-refractivity contribution is 5.94. The lowest BCUT2D eigenvalue weighted by atomic mass is 10.0. The summed E-state index contributed by atoms with van der Waals surface area (Å²) in [6.07, 6.45) is 0. The van der Waals surface area contributed by atoms with E-state index in [0.717, 1.165) is 0 Å². The van der Waals surface area contributed by atoms with E-state index in [2.05, 4.69) is 5.32 Å². The second kappa shape index (κ2) is 8.66. The zero-order valence-corrected chi connectivity index (χ0v) is 14.7. The maximum atomic E-state index is 13.8. The monoisotopic (exact) mass is 400 g/mol. The zero-order valence-electron chi connectivity index (χ0n) is 14.7. The molecule has 0 radical (unpaired) electrons. The fourth-order valence-electron chi connectivity index (χ4n) is 3.05. The minimum atomic E-state index is -2.05. The highest BCUT2D eigenvalue weighted by atomic mass is 19.2. The molecule has 0 aromatic heterocycles. The van der Waals surface area contributed by atoms with Crippen molar-refractivity contribution in [2.75, 3.05) is 32.8 Å². The maximum Gasteiger partial charge on any atom is 0.254 e. The topological polar surface area (TPSA) is 41.6 Å². The number of hydrogen-bond donors (Lipinski definition) is 1. The number of nitrogens with zero attached hydrogens (tertiary/aromatic N) is 1. The first kappa shape index (κ1) is 20.2. The average molecular weight is 400 g/mol. The quantitative estimate of drug-likeness (QED) is 0.476. The minimum absolute atomic E-state index is 0.0372. The van der Waals surface area contributed by atoms with Crippen molar-refractivity contribution in [3.05, 3.63) is 70.5 Å². The average Bonchev–Trinajstić information content (AvgIpc) is 2.71. The normalized spacial score (nSPS) is 16.0. The molecule has 1 aliphatic rings. The molecule has 0 saturated carbocycles. The number of nitrogens with one attached hydrogen (secondary N) is 1. The van der Waals surface area contributed by atoms with Crippen molar-refractivity contribution in [2.45, 2.75) is 6.04 Å². The van der Waals surface area contributed by atoms with Crippen LogP contribution in [0.5, 0.6) is 0 Å². The summed E-state index contributed by atoms with van der Waals surface area (Å²) in [6.45, 7) is 1.99. The van der Waals surface area contributed by atoms with Gasteiger partial charge in [-0.05, 0) is 23.8 Å². The third-order valence-electron chi connectivity index (χ3n) is 4.54. The SMILES string of the molecule is O=C(NC[C@@H](c1ccc(F)cc1)N1CCOCC1)c1cc(F)c(F)c(F)c1F. The third kappa shape index (κ3) is 4.31. The van der Waals surface area contributed by atoms with E-state index < -0.39 is 46.6 Å². The predicted octanol–water partition coefficient (Wildman–Crippen LogP) is 3.19. The van der Waals surface area contributed by atoms with Gasteiger partial charge in [0.25, 0.3) is 5.91 Å². The summed E-state index contributed by atoms with van der Waals surface area (Å²) in [5.74, 6) is -8.96. The lowest BCUT2D eigenvalue weighted by molar-refractivity contribution is 0.0162. The Morgan fingerprint density at radius 1 is 1.00 bits per heavy atom. The van der Waals surface area contributed by atoms with Crippen molar-refractivity contribution in [3.8, 4) is 0 Å². The van der Waals surface area contributed by atoms with E-state index in [-0.39, 0.29) is 6.54 Å². The number of ether oxygens (including phenoxy) is 1. The molecule has 150 valence electrons. The molecule has 1 atom stereocenters. The molecule has 28 heavy (non-hydrogen) atoms. The molecular weight excluding hydrogens is 383 g/mol. The number of morpholine rings is 1. The number of carbonyl (C=O) groups is 1. The molecule has 3 rings (SSSR count). The number of hydrogen-bond acceptors (Lipinski definition) is 3. The number of carbonyl (C=O) groups excluding carboxylic acids is 1. The highest BCUT2D eigenvalue weighted by Crippen LogP contribution is 2.23. The van der Waals surface area contributed by atoms with Gasteiger partial charge < -0.3 is 10.1 Å². The highest BCUT2D eigenvalue weighted by Gasteiger charge is 2.26. The zero-order chi connectivity index (χ0) is 20.3. The van der Waals surface area contributed by atoms with Crippen molar-refractivity contribution < 1.29 is 31.5 Å². The van der Waals surface area contributed by atoms with Crippen LogP contribution in [0.2, 0.25) is 0 Å². The van der Waals surface area contributed by atoms with E-state index in [0.29, 0.717) is 37.9 Å². The Morgan fingerprint density at radius 2 is 1.64 bits per heavy atom. The van der Waals surface area contributed by atoms with Gasteiger partial charge in [-0.3, -0.25) is 9.69 Å². The molecule has 2 aromatic carbocycles. The maximum absolute atomic E-state index is 13.8. The van der Waals surface area contributed by atoms with E-state index >= 15 is 0 Å². The lowest BCUT2D eigenvalue weighted by Gasteiger charge is -2.35. The Hall–Kier alpha value is -2.52. The summed E-state index contributed by atoms with van der Waals surface area (Å²) < 4.78 is 72.2. The van der Waals surface area contributed by atoms with Gasteiger partial charge in [-0.15, -0.1) is 0 Å². The first-order valence-electron chi connectivity index (χ1n) is 8.57. The second-order valence-corrected chi connectivity index (χ2v) is 6.27. The van der Waals surface area contributed by atoms with Gasteiger partial charge in [-0.2, -0.15) is 0 Å². The first-order chi connectivity index (χ1) is 13.4. The molecule has 2 aromatic rings. The number of halogens is 5. The van der Waals surface area contributed by atoms with Crippen molar-refractivity contribution >= 4 is 5.91 Å². The molecule has 1 fully saturated rings. The van der Waals surface area contributed by atoms with Crippen LogP contribution in [0.1, 0.15) is 22.0 Å². The molecule has 1 aliphatic heterocycles. The van der Waals surface area contributed by atoms with Gasteiger partial charge >= 0.3 is 0 Å². The Balaban J connectivity index is 1.80. The Labute approximate surface area is 157 Å². The molecule has 0 aliphatic carbocycles. The van der Waals surface area contributed by atoms with Crippen LogP contribution in [-0.2, 0) is 4.74 Å². The molecule has 1 saturated heterocycles. The summed E-state index contributed by atoms with van der Waals surface area (Å²) in [4.78, 5) is 14.2. The van der Waals surface area contributed by atoms with Crippen LogP contribution in [0, 0.1) is 29.1 Å². The summed E-state index contributed by atoms with van der Waals surface area (Å²) in [5.41, 5.74) is -0.239. The molecule has 0 bridgehead atoms. The fraction of sp³-hybridized carbons (Fsp3) is 0.316. The summed E-state index contributed by atoms with van der Waals surface area (Å²) >= 11 is 0. The first-order valence-corrected chi connectivity index (χ1v) is 8.57. The number of amides is 1. The Kier molecular flexibility index (Phi) is 6.25. The van der Waals surface area contributed by atoms with Gasteiger partial charge in [0.1, 0.15) is 5.82 Å². The molecule has 0 unspecified atom stereocenters. The van der Waals surface area contributed by atoms with E-state index in [1.54, 1.807) is 12.1 Å². The van der Waals surface area contributed by atoms with Crippen molar-refractivity contribution in [1.82, 2.24) is 10.2 Å². The summed E-state index contributed by atoms with van der Waals surface area (Å²) in [6, 6.07) is 5.57. The fourth-order valence-corrected chi connectivity index (χ4v) is 3.05. The van der Waals surface area contributed by atoms with Crippen LogP contribution in [0.15, 0.2) is 30.3 Å². The van der Waals surface area contributed by atoms with Crippen LogP contribution >= 0.6 is 0 Å². The predicted molar refractivity (Wildman–Crippen MR) is 90.1 cm³/mol. The van der Waals surface area contributed by atoms with Gasteiger partial charge in [-0.1, -0.05) is 12.1 Å². The number of rotatable bonds is 5. The van der Waals surface area contributed by atoms with Crippen LogP contribution in [0.4, 0.5) is 22.0 Å². The van der Waals surface area contributed by atoms with E-state index in [1.165, 1.54) is 12.1 Å². The molecule has 4 nitrogen and oxygen atoms in total. The van der Waals surface area contributed by atoms with Crippen molar-refractivity contribution in [1.29, 1.82) is 0 Å². The van der Waals surface area contributed by atoms with Crippen molar-refractivity contribution in [3.63, 3.8) is 0 Å². The molecule has 0 spiro atoms. The van der Waals surface area contributed by atoms with E-state index in [4.69, 9.17) is 4.74 Å². The van der Waals surface area contributed by atoms with Crippen LogP contribution in [0.3, 0.4) is 0 Å². The van der Waals surface area contributed by atoms with Gasteiger partial charge in [-0.25, -0.2) is 22.0 Å². The Bertz CT molecular complexity index is 854. The van der Waals surface area contributed by atoms with Gasteiger partial charge in [0, 0.05) is 19.6 Å². The molecule has 1 heterocycles. The molecular formula is C19H17F5N2O2. The molecule has 1 amide bonds. The van der Waals surface area contributed by atoms with Gasteiger partial charge in [0.2, 0.25) is 0 Å². The molecule has 1 N–H and O–H groups in total. The van der Waals surface area contributed by atoms with Gasteiger partial charge in [0.15, 0.2) is 23.3 Å². The van der Waals surface area contributed by atoms with Crippen molar-refractivity contribution in [2.24, 2.45) is 0 Å². The van der Waals surface area contributed by atoms with Gasteiger partial charge in [0.05, 0.1) is 24.8 Å².